The van der Waals surface area contributed by atoms with Crippen molar-refractivity contribution in [2.75, 3.05) is 14.2 Å². The Kier molecular flexibility index (Phi) is 8.37. The largest absolute Gasteiger partial charge is 0.497 e. The summed E-state index contributed by atoms with van der Waals surface area (Å²) in [5.41, 5.74) is 8.61. The quantitative estimate of drug-likeness (QED) is 0.158. The van der Waals surface area contributed by atoms with E-state index in [4.69, 9.17) is 25.8 Å². The molecule has 0 saturated carbocycles. The lowest BCUT2D eigenvalue weighted by molar-refractivity contribution is 0.106. The molecule has 3 aromatic carbocycles. The van der Waals surface area contributed by atoms with Gasteiger partial charge in [0.05, 0.1) is 44.9 Å². The molecule has 0 spiro atoms. The molecule has 0 saturated heterocycles. The molecule has 0 radical (unpaired) electrons. The first-order chi connectivity index (χ1) is 21.4. The number of hydrogen-bond donors (Lipinski definition) is 0. The molecular formula is C35H34ClN5O3. The van der Waals surface area contributed by atoms with Crippen molar-refractivity contribution in [3.63, 3.8) is 0 Å². The van der Waals surface area contributed by atoms with Crippen LogP contribution in [0, 0.1) is 13.8 Å². The average Bonchev–Trinajstić information content (AvgIpc) is 3.63. The van der Waals surface area contributed by atoms with Gasteiger partial charge in [-0.05, 0) is 67.8 Å². The van der Waals surface area contributed by atoms with E-state index in [-0.39, 0.29) is 6.04 Å². The van der Waals surface area contributed by atoms with E-state index in [0.29, 0.717) is 24.1 Å². The molecule has 1 aromatic heterocycles. The third kappa shape index (κ3) is 5.78. The Labute approximate surface area is 262 Å². The summed E-state index contributed by atoms with van der Waals surface area (Å²) < 4.78 is 21.2. The van der Waals surface area contributed by atoms with Gasteiger partial charge in [0.2, 0.25) is 0 Å². The van der Waals surface area contributed by atoms with Crippen LogP contribution >= 0.6 is 11.6 Å². The van der Waals surface area contributed by atoms with Crippen LogP contribution in [0.5, 0.6) is 11.5 Å². The summed E-state index contributed by atoms with van der Waals surface area (Å²) in [6.07, 6.45) is 3.81. The number of aromatic nitrogens is 5. The van der Waals surface area contributed by atoms with E-state index >= 15 is 0 Å². The Balaban J connectivity index is 1.37. The summed E-state index contributed by atoms with van der Waals surface area (Å²) in [5.74, 6) is 2.27. The van der Waals surface area contributed by atoms with E-state index in [1.165, 1.54) is 11.1 Å². The zero-order valence-corrected chi connectivity index (χ0v) is 26.2. The number of methoxy groups -OCH3 is 2. The second-order valence-corrected chi connectivity index (χ2v) is 11.2. The summed E-state index contributed by atoms with van der Waals surface area (Å²) in [4.78, 5) is 4.33. The van der Waals surface area contributed by atoms with Crippen LogP contribution in [-0.4, -0.2) is 38.5 Å². The SMILES string of the molecule is COc1ccc(COCc2cc3c(-c4ccc(-n5cnc(C)c5Cl)c(OC)c4)nnc-3n([C@@H](C)c3ccc(C)cc3)c2)cc1. The fourth-order valence-electron chi connectivity index (χ4n) is 5.31. The first-order valence-corrected chi connectivity index (χ1v) is 14.8. The smallest absolute Gasteiger partial charge is 0.165 e. The Morgan fingerprint density at radius 1 is 0.841 bits per heavy atom. The Morgan fingerprint density at radius 2 is 1.59 bits per heavy atom. The minimum absolute atomic E-state index is 0.0210. The van der Waals surface area contributed by atoms with Gasteiger partial charge in [-0.25, -0.2) is 4.98 Å². The summed E-state index contributed by atoms with van der Waals surface area (Å²) >= 11 is 6.51. The van der Waals surface area contributed by atoms with E-state index in [9.17, 15) is 0 Å². The van der Waals surface area contributed by atoms with Gasteiger partial charge in [-0.2, -0.15) is 0 Å². The average molecular weight is 608 g/mol. The number of nitrogens with zero attached hydrogens (tertiary/aromatic N) is 5. The zero-order chi connectivity index (χ0) is 30.8. The number of fused-ring (bicyclic) bond motifs is 1. The first kappa shape index (κ1) is 29.4. The van der Waals surface area contributed by atoms with Crippen LogP contribution in [0.1, 0.15) is 40.9 Å². The van der Waals surface area contributed by atoms with E-state index in [0.717, 1.165) is 50.9 Å². The highest BCUT2D eigenvalue weighted by molar-refractivity contribution is 6.30. The third-order valence-corrected chi connectivity index (χ3v) is 8.34. The number of benzene rings is 3. The first-order valence-electron chi connectivity index (χ1n) is 14.4. The van der Waals surface area contributed by atoms with Crippen LogP contribution in [0.25, 0.3) is 28.3 Å². The molecule has 0 amide bonds. The molecule has 0 N–H and O–H groups in total. The van der Waals surface area contributed by atoms with Crippen molar-refractivity contribution in [2.45, 2.75) is 40.0 Å². The van der Waals surface area contributed by atoms with Gasteiger partial charge in [-0.1, -0.05) is 59.6 Å². The zero-order valence-electron chi connectivity index (χ0n) is 25.4. The van der Waals surface area contributed by atoms with Crippen LogP contribution in [0.3, 0.4) is 0 Å². The highest BCUT2D eigenvalue weighted by Gasteiger charge is 2.24. The molecule has 0 aliphatic carbocycles. The van der Waals surface area contributed by atoms with E-state index in [2.05, 4.69) is 70.1 Å². The number of halogens is 1. The maximum absolute atomic E-state index is 6.51. The molecule has 2 aliphatic heterocycles. The monoisotopic (exact) mass is 607 g/mol. The van der Waals surface area contributed by atoms with Crippen molar-refractivity contribution >= 4 is 11.6 Å². The topological polar surface area (TPSA) is 76.2 Å². The molecule has 44 heavy (non-hydrogen) atoms. The Hall–Kier alpha value is -4.66. The van der Waals surface area contributed by atoms with E-state index in [1.807, 2.05) is 54.0 Å². The van der Waals surface area contributed by atoms with Gasteiger partial charge in [0.15, 0.2) is 5.82 Å². The maximum atomic E-state index is 6.51. The van der Waals surface area contributed by atoms with Gasteiger partial charge in [-0.15, -0.1) is 10.2 Å². The fraction of sp³-hybridized carbons (Fsp3) is 0.229. The number of rotatable bonds is 10. The molecular weight excluding hydrogens is 574 g/mol. The second kappa shape index (κ2) is 12.5. The Bertz CT molecular complexity index is 1860. The molecule has 8 nitrogen and oxygen atoms in total. The minimum Gasteiger partial charge on any atom is -0.497 e. The van der Waals surface area contributed by atoms with Gasteiger partial charge < -0.3 is 18.8 Å². The molecule has 3 heterocycles. The summed E-state index contributed by atoms with van der Waals surface area (Å²) in [6, 6.07) is 24.6. The minimum atomic E-state index is 0.0210. The van der Waals surface area contributed by atoms with Crippen molar-refractivity contribution in [3.8, 4) is 39.8 Å². The van der Waals surface area contributed by atoms with Crippen LogP contribution in [-0.2, 0) is 18.0 Å². The van der Waals surface area contributed by atoms with E-state index < -0.39 is 0 Å². The molecule has 1 atom stereocenters. The number of aryl methyl sites for hydroxylation is 2. The fourth-order valence-corrected chi connectivity index (χ4v) is 5.50. The highest BCUT2D eigenvalue weighted by atomic mass is 35.5. The van der Waals surface area contributed by atoms with Crippen LogP contribution in [0.15, 0.2) is 85.3 Å². The molecule has 0 bridgehead atoms. The second-order valence-electron chi connectivity index (χ2n) is 10.8. The molecule has 224 valence electrons. The van der Waals surface area contributed by atoms with Crippen molar-refractivity contribution in [1.29, 1.82) is 0 Å². The van der Waals surface area contributed by atoms with Crippen molar-refractivity contribution in [3.05, 3.63) is 118 Å². The van der Waals surface area contributed by atoms with Gasteiger partial charge >= 0.3 is 0 Å². The number of imidazole rings is 1. The van der Waals surface area contributed by atoms with Crippen molar-refractivity contribution < 1.29 is 14.2 Å². The summed E-state index contributed by atoms with van der Waals surface area (Å²) in [7, 11) is 3.31. The summed E-state index contributed by atoms with van der Waals surface area (Å²) in [6.45, 7) is 7.05. The van der Waals surface area contributed by atoms with Crippen molar-refractivity contribution in [1.82, 2.24) is 24.3 Å². The number of pyridine rings is 1. The lowest BCUT2D eigenvalue weighted by Crippen LogP contribution is -2.12. The van der Waals surface area contributed by atoms with Crippen LogP contribution in [0.4, 0.5) is 0 Å². The molecule has 4 aromatic rings. The maximum Gasteiger partial charge on any atom is 0.165 e. The predicted octanol–water partition coefficient (Wildman–Crippen LogP) is 7.85. The van der Waals surface area contributed by atoms with Crippen molar-refractivity contribution in [2.24, 2.45) is 0 Å². The number of ether oxygens (including phenoxy) is 3. The van der Waals surface area contributed by atoms with Gasteiger partial charge in [0.1, 0.15) is 28.7 Å². The lowest BCUT2D eigenvalue weighted by Gasteiger charge is -2.21. The van der Waals surface area contributed by atoms with E-state index in [1.54, 1.807) is 20.5 Å². The molecule has 0 unspecified atom stereocenters. The van der Waals surface area contributed by atoms with Gasteiger partial charge in [0.25, 0.3) is 0 Å². The predicted molar refractivity (Wildman–Crippen MR) is 172 cm³/mol. The van der Waals surface area contributed by atoms with Gasteiger partial charge in [0, 0.05) is 17.3 Å². The van der Waals surface area contributed by atoms with Crippen LogP contribution in [0.2, 0.25) is 5.15 Å². The molecule has 2 aliphatic rings. The molecule has 0 fully saturated rings. The highest BCUT2D eigenvalue weighted by Crippen LogP contribution is 2.38. The molecule has 6 rings (SSSR count). The van der Waals surface area contributed by atoms with Crippen LogP contribution < -0.4 is 9.47 Å². The lowest BCUT2D eigenvalue weighted by atomic mass is 10.0. The van der Waals surface area contributed by atoms with Gasteiger partial charge in [-0.3, -0.25) is 4.57 Å². The third-order valence-electron chi connectivity index (χ3n) is 7.88. The Morgan fingerprint density at radius 3 is 2.27 bits per heavy atom. The normalized spacial score (nSPS) is 12.0. The summed E-state index contributed by atoms with van der Waals surface area (Å²) in [5, 5.41) is 9.90. The molecule has 9 heteroatoms. The number of hydrogen-bond acceptors (Lipinski definition) is 6. The standard InChI is InChI=1S/C35H34ClN5O3/c1-22-6-10-27(11-7-22)24(3)40-18-26(20-44-19-25-8-13-29(42-4)14-9-25)16-30-33(38-39-35(30)40)28-12-15-31(32(17-28)43-5)41-21-37-23(2)34(41)36/h6-18,21,24H,19-20H2,1-5H3/t24-/m0/s1.